The predicted octanol–water partition coefficient (Wildman–Crippen LogP) is 2.01. The maximum atomic E-state index is 12.5. The van der Waals surface area contributed by atoms with Crippen molar-refractivity contribution < 1.29 is 9.90 Å². The number of rotatable bonds is 7. The molecule has 2 aromatic rings. The highest BCUT2D eigenvalue weighted by Crippen LogP contribution is 2.21. The first kappa shape index (κ1) is 19.1. The van der Waals surface area contributed by atoms with Gasteiger partial charge in [0.25, 0.3) is 5.56 Å². The van der Waals surface area contributed by atoms with Gasteiger partial charge in [0.2, 0.25) is 5.91 Å². The van der Waals surface area contributed by atoms with Crippen molar-refractivity contribution in [2.45, 2.75) is 53.2 Å². The van der Waals surface area contributed by atoms with Gasteiger partial charge in [0, 0.05) is 19.5 Å². The lowest BCUT2D eigenvalue weighted by molar-refractivity contribution is -0.121. The monoisotopic (exact) mass is 345 g/mol. The Hall–Kier alpha value is -2.21. The van der Waals surface area contributed by atoms with Crippen LogP contribution in [0.5, 0.6) is 0 Å². The molecular weight excluding hydrogens is 318 g/mol. The van der Waals surface area contributed by atoms with Crippen molar-refractivity contribution >= 4 is 16.8 Å². The number of nitrogens with zero attached hydrogens (tertiary/aromatic N) is 2. The predicted molar refractivity (Wildman–Crippen MR) is 98.4 cm³/mol. The molecule has 1 unspecified atom stereocenters. The molecule has 136 valence electrons. The highest BCUT2D eigenvalue weighted by atomic mass is 16.3. The molecule has 25 heavy (non-hydrogen) atoms. The summed E-state index contributed by atoms with van der Waals surface area (Å²) >= 11 is 0. The van der Waals surface area contributed by atoms with Crippen molar-refractivity contribution in [3.05, 3.63) is 40.4 Å². The first-order chi connectivity index (χ1) is 11.7. The number of fused-ring (bicyclic) bond motifs is 1. The maximum absolute atomic E-state index is 12.5. The molecule has 0 saturated heterocycles. The Bertz CT molecular complexity index is 809. The molecule has 1 amide bonds. The summed E-state index contributed by atoms with van der Waals surface area (Å²) in [4.78, 5) is 28.9. The van der Waals surface area contributed by atoms with Gasteiger partial charge in [0.15, 0.2) is 0 Å². The lowest BCUT2D eigenvalue weighted by Crippen LogP contribution is -2.36. The van der Waals surface area contributed by atoms with Crippen LogP contribution in [0.25, 0.3) is 10.9 Å². The van der Waals surface area contributed by atoms with Crippen LogP contribution >= 0.6 is 0 Å². The Labute approximate surface area is 147 Å². The summed E-state index contributed by atoms with van der Waals surface area (Å²) in [6.07, 6.45) is 1.92. The van der Waals surface area contributed by atoms with Gasteiger partial charge in [-0.3, -0.25) is 14.2 Å². The third-order valence-corrected chi connectivity index (χ3v) is 4.25. The van der Waals surface area contributed by atoms with E-state index in [1.165, 1.54) is 10.9 Å². The van der Waals surface area contributed by atoms with Gasteiger partial charge in [-0.05, 0) is 37.3 Å². The molecule has 1 aromatic carbocycles. The summed E-state index contributed by atoms with van der Waals surface area (Å²) in [5.41, 5.74) is 1.35. The number of hydrogen-bond donors (Lipinski definition) is 2. The minimum Gasteiger partial charge on any atom is -0.393 e. The molecular formula is C19H27N3O3. The quantitative estimate of drug-likeness (QED) is 0.804. The van der Waals surface area contributed by atoms with Gasteiger partial charge in [-0.1, -0.05) is 26.0 Å². The molecule has 0 radical (unpaired) electrons. The number of aryl methyl sites for hydroxylation is 2. The molecule has 0 bridgehead atoms. The van der Waals surface area contributed by atoms with E-state index >= 15 is 0 Å². The molecule has 0 aliphatic carbocycles. The molecule has 2 N–H and O–H groups in total. The van der Waals surface area contributed by atoms with Crippen molar-refractivity contribution in [3.63, 3.8) is 0 Å². The second kappa shape index (κ2) is 7.78. The van der Waals surface area contributed by atoms with Gasteiger partial charge < -0.3 is 10.4 Å². The van der Waals surface area contributed by atoms with Gasteiger partial charge >= 0.3 is 0 Å². The average Bonchev–Trinajstić information content (AvgIpc) is 2.52. The first-order valence-corrected chi connectivity index (χ1v) is 8.59. The Morgan fingerprint density at radius 3 is 2.80 bits per heavy atom. The zero-order valence-corrected chi connectivity index (χ0v) is 15.4. The summed E-state index contributed by atoms with van der Waals surface area (Å²) in [5.74, 6) is -0.116. The Kier molecular flexibility index (Phi) is 5.95. The second-order valence-corrected chi connectivity index (χ2v) is 7.46. The van der Waals surface area contributed by atoms with Gasteiger partial charge in [0.1, 0.15) is 0 Å². The molecule has 1 atom stereocenters. The smallest absolute Gasteiger partial charge is 0.261 e. The fourth-order valence-electron chi connectivity index (χ4n) is 3.02. The molecule has 0 aliphatic rings. The van der Waals surface area contributed by atoms with Crippen LogP contribution in [0.4, 0.5) is 0 Å². The minimum atomic E-state index is -0.405. The zero-order chi connectivity index (χ0) is 18.6. The molecule has 0 aliphatic heterocycles. The summed E-state index contributed by atoms with van der Waals surface area (Å²) in [7, 11) is 0. The minimum absolute atomic E-state index is 0.116. The van der Waals surface area contributed by atoms with E-state index in [0.29, 0.717) is 30.4 Å². The fourth-order valence-corrected chi connectivity index (χ4v) is 3.02. The fraction of sp³-hybridized carbons (Fsp3) is 0.526. The van der Waals surface area contributed by atoms with Crippen LogP contribution in [0.1, 0.15) is 39.2 Å². The average molecular weight is 345 g/mol. The van der Waals surface area contributed by atoms with Gasteiger partial charge in [-0.2, -0.15) is 0 Å². The number of nitrogens with one attached hydrogen (secondary N) is 1. The molecule has 0 saturated carbocycles. The van der Waals surface area contributed by atoms with E-state index < -0.39 is 6.10 Å². The van der Waals surface area contributed by atoms with E-state index in [0.717, 1.165) is 5.56 Å². The summed E-state index contributed by atoms with van der Waals surface area (Å²) in [5, 5.41) is 12.9. The van der Waals surface area contributed by atoms with Crippen molar-refractivity contribution in [1.29, 1.82) is 0 Å². The Morgan fingerprint density at radius 2 is 2.12 bits per heavy atom. The maximum Gasteiger partial charge on any atom is 0.261 e. The second-order valence-electron chi connectivity index (χ2n) is 7.46. The summed E-state index contributed by atoms with van der Waals surface area (Å²) < 4.78 is 1.47. The lowest BCUT2D eigenvalue weighted by Gasteiger charge is -2.26. The largest absolute Gasteiger partial charge is 0.393 e. The molecule has 1 aromatic heterocycles. The molecule has 6 heteroatoms. The first-order valence-electron chi connectivity index (χ1n) is 8.59. The molecule has 0 fully saturated rings. The van der Waals surface area contributed by atoms with Gasteiger partial charge in [-0.15, -0.1) is 0 Å². The van der Waals surface area contributed by atoms with Crippen molar-refractivity contribution in [2.75, 3.05) is 6.54 Å². The molecule has 1 heterocycles. The highest BCUT2D eigenvalue weighted by Gasteiger charge is 2.21. The Balaban J connectivity index is 1.97. The van der Waals surface area contributed by atoms with Crippen molar-refractivity contribution in [2.24, 2.45) is 5.41 Å². The number of para-hydroxylation sites is 1. The van der Waals surface area contributed by atoms with E-state index in [1.807, 2.05) is 32.9 Å². The normalized spacial score (nSPS) is 13.0. The standard InChI is InChI=1S/C19H27N3O3/c1-13-6-5-7-15-17(13)21-12-22(18(15)25)9-8-16(24)20-11-19(3,4)10-14(2)23/h5-7,12,14,23H,8-11H2,1-4H3,(H,20,24). The summed E-state index contributed by atoms with van der Waals surface area (Å²) in [6.45, 7) is 8.44. The number of aliphatic hydroxyl groups excluding tert-OH is 1. The van der Waals surface area contributed by atoms with E-state index in [2.05, 4.69) is 10.3 Å². The number of amides is 1. The zero-order valence-electron chi connectivity index (χ0n) is 15.4. The van der Waals surface area contributed by atoms with Crippen LogP contribution in [-0.4, -0.2) is 33.2 Å². The number of aliphatic hydroxyl groups is 1. The van der Waals surface area contributed by atoms with Crippen LogP contribution in [0.2, 0.25) is 0 Å². The summed E-state index contributed by atoms with van der Waals surface area (Å²) in [6, 6.07) is 5.51. The number of carbonyl (C=O) groups is 1. The van der Waals surface area contributed by atoms with E-state index in [4.69, 9.17) is 0 Å². The highest BCUT2D eigenvalue weighted by molar-refractivity contribution is 5.80. The van der Waals surface area contributed by atoms with Crippen molar-refractivity contribution in [1.82, 2.24) is 14.9 Å². The van der Waals surface area contributed by atoms with Gasteiger partial charge in [-0.25, -0.2) is 4.98 Å². The van der Waals surface area contributed by atoms with Gasteiger partial charge in [0.05, 0.1) is 23.3 Å². The number of benzene rings is 1. The van der Waals surface area contributed by atoms with E-state index in [1.54, 1.807) is 13.0 Å². The van der Waals surface area contributed by atoms with E-state index in [9.17, 15) is 14.7 Å². The third kappa shape index (κ3) is 5.13. The topological polar surface area (TPSA) is 84.2 Å². The molecule has 0 spiro atoms. The van der Waals surface area contributed by atoms with Crippen LogP contribution in [0.15, 0.2) is 29.3 Å². The van der Waals surface area contributed by atoms with Crippen LogP contribution in [0, 0.1) is 12.3 Å². The number of carbonyl (C=O) groups excluding carboxylic acids is 1. The number of aromatic nitrogens is 2. The van der Waals surface area contributed by atoms with Crippen molar-refractivity contribution in [3.8, 4) is 0 Å². The number of hydrogen-bond acceptors (Lipinski definition) is 4. The lowest BCUT2D eigenvalue weighted by atomic mass is 9.87. The third-order valence-electron chi connectivity index (χ3n) is 4.25. The molecule has 2 rings (SSSR count). The van der Waals surface area contributed by atoms with Crippen LogP contribution in [-0.2, 0) is 11.3 Å². The SMILES string of the molecule is Cc1cccc2c(=O)n(CCC(=O)NCC(C)(C)CC(C)O)cnc12. The molecule has 6 nitrogen and oxygen atoms in total. The van der Waals surface area contributed by atoms with Crippen LogP contribution < -0.4 is 10.9 Å². The Morgan fingerprint density at radius 1 is 1.40 bits per heavy atom. The van der Waals surface area contributed by atoms with Crippen LogP contribution in [0.3, 0.4) is 0 Å². The van der Waals surface area contributed by atoms with E-state index in [-0.39, 0.29) is 23.3 Å².